The summed E-state index contributed by atoms with van der Waals surface area (Å²) >= 11 is 0. The Morgan fingerprint density at radius 1 is 1.05 bits per heavy atom. The number of rotatable bonds is 6. The summed E-state index contributed by atoms with van der Waals surface area (Å²) < 4.78 is 0. The van der Waals surface area contributed by atoms with Gasteiger partial charge in [-0.1, -0.05) is 44.2 Å². The molecule has 0 spiro atoms. The van der Waals surface area contributed by atoms with Crippen molar-refractivity contribution in [3.63, 3.8) is 0 Å². The van der Waals surface area contributed by atoms with Crippen LogP contribution in [0.15, 0.2) is 48.5 Å². The Kier molecular flexibility index (Phi) is 5.59. The number of hydrogen-bond acceptors (Lipinski definition) is 2. The van der Waals surface area contributed by atoms with Gasteiger partial charge >= 0.3 is 0 Å². The lowest BCUT2D eigenvalue weighted by molar-refractivity contribution is -0.116. The predicted octanol–water partition coefficient (Wildman–Crippen LogP) is 4.59. The lowest BCUT2D eigenvalue weighted by atomic mass is 10.1. The summed E-state index contributed by atoms with van der Waals surface area (Å²) in [6.45, 7) is 6.97. The molecule has 0 fully saturated rings. The lowest BCUT2D eigenvalue weighted by Crippen LogP contribution is -2.13. The molecule has 0 aromatic heterocycles. The number of amides is 1. The van der Waals surface area contributed by atoms with E-state index in [1.165, 1.54) is 11.1 Å². The molecule has 1 amide bonds. The van der Waals surface area contributed by atoms with Crippen LogP contribution in [-0.2, 0) is 11.3 Å². The molecule has 2 aromatic rings. The number of hydrogen-bond donors (Lipinski definition) is 2. The lowest BCUT2D eigenvalue weighted by Gasteiger charge is -2.11. The van der Waals surface area contributed by atoms with E-state index < -0.39 is 0 Å². The number of benzene rings is 2. The van der Waals surface area contributed by atoms with Gasteiger partial charge in [-0.25, -0.2) is 0 Å². The van der Waals surface area contributed by atoms with E-state index in [4.69, 9.17) is 0 Å². The Morgan fingerprint density at radius 3 is 2.50 bits per heavy atom. The molecule has 0 atom stereocenters. The number of anilines is 2. The maximum absolute atomic E-state index is 11.8. The highest BCUT2D eigenvalue weighted by Crippen LogP contribution is 2.17. The molecule has 2 aromatic carbocycles. The van der Waals surface area contributed by atoms with Crippen LogP contribution in [0.25, 0.3) is 0 Å². The van der Waals surface area contributed by atoms with Crippen LogP contribution >= 0.6 is 0 Å². The van der Waals surface area contributed by atoms with E-state index >= 15 is 0 Å². The molecule has 0 bridgehead atoms. The molecule has 22 heavy (non-hydrogen) atoms. The molecule has 0 unspecified atom stereocenters. The average molecular weight is 296 g/mol. The minimum atomic E-state index is 0.0612. The topological polar surface area (TPSA) is 41.1 Å². The second-order valence-electron chi connectivity index (χ2n) is 6.01. The van der Waals surface area contributed by atoms with Gasteiger partial charge in [0.05, 0.1) is 0 Å². The van der Waals surface area contributed by atoms with Crippen molar-refractivity contribution < 1.29 is 4.79 Å². The van der Waals surface area contributed by atoms with Gasteiger partial charge in [0.1, 0.15) is 0 Å². The highest BCUT2D eigenvalue weighted by atomic mass is 16.1. The average Bonchev–Trinajstić information content (AvgIpc) is 2.46. The van der Waals surface area contributed by atoms with Crippen LogP contribution < -0.4 is 10.6 Å². The van der Waals surface area contributed by atoms with Crippen LogP contribution in [0.4, 0.5) is 11.4 Å². The number of carbonyl (C=O) groups excluding carboxylic acids is 1. The van der Waals surface area contributed by atoms with Crippen LogP contribution in [0.5, 0.6) is 0 Å². The predicted molar refractivity (Wildman–Crippen MR) is 93.0 cm³/mol. The summed E-state index contributed by atoms with van der Waals surface area (Å²) in [5, 5.41) is 6.35. The zero-order chi connectivity index (χ0) is 15.9. The smallest absolute Gasteiger partial charge is 0.224 e. The second-order valence-corrected chi connectivity index (χ2v) is 6.01. The molecule has 0 heterocycles. The minimum absolute atomic E-state index is 0.0612. The molecule has 3 heteroatoms. The fourth-order valence-corrected chi connectivity index (χ4v) is 2.30. The molecule has 2 N–H and O–H groups in total. The summed E-state index contributed by atoms with van der Waals surface area (Å²) in [5.41, 5.74) is 4.39. The fraction of sp³-hybridized carbons (Fsp3) is 0.316. The first-order valence-electron chi connectivity index (χ1n) is 7.73. The van der Waals surface area contributed by atoms with Crippen molar-refractivity contribution >= 4 is 17.3 Å². The molecule has 0 radical (unpaired) electrons. The number of aryl methyl sites for hydroxylation is 1. The molecular weight excluding hydrogens is 272 g/mol. The Morgan fingerprint density at radius 2 is 1.77 bits per heavy atom. The van der Waals surface area contributed by atoms with Crippen molar-refractivity contribution in [2.45, 2.75) is 33.7 Å². The molecule has 116 valence electrons. The highest BCUT2D eigenvalue weighted by Gasteiger charge is 2.05. The van der Waals surface area contributed by atoms with Gasteiger partial charge in [0.15, 0.2) is 0 Å². The van der Waals surface area contributed by atoms with Crippen LogP contribution in [0.1, 0.15) is 31.4 Å². The fourth-order valence-electron chi connectivity index (χ4n) is 2.30. The minimum Gasteiger partial charge on any atom is -0.381 e. The van der Waals surface area contributed by atoms with Crippen molar-refractivity contribution in [1.29, 1.82) is 0 Å². The van der Waals surface area contributed by atoms with Crippen molar-refractivity contribution in [2.75, 3.05) is 10.6 Å². The maximum Gasteiger partial charge on any atom is 0.224 e. The molecule has 0 aliphatic heterocycles. The largest absolute Gasteiger partial charge is 0.381 e. The van der Waals surface area contributed by atoms with Gasteiger partial charge in [0.2, 0.25) is 5.91 Å². The van der Waals surface area contributed by atoms with Gasteiger partial charge in [-0.05, 0) is 42.2 Å². The molecule has 0 aliphatic rings. The van der Waals surface area contributed by atoms with E-state index in [1.807, 2.05) is 50.2 Å². The third-order valence-corrected chi connectivity index (χ3v) is 3.48. The number of carbonyl (C=O) groups is 1. The van der Waals surface area contributed by atoms with Crippen molar-refractivity contribution in [2.24, 2.45) is 5.92 Å². The maximum atomic E-state index is 11.8. The standard InChI is InChI=1S/C19H24N2O/c1-14(2)11-19(22)21-18-10-6-9-17(12-18)20-13-16-8-5-4-7-15(16)3/h4-10,12,14,20H,11,13H2,1-3H3,(H,21,22). The Bertz CT molecular complexity index is 635. The summed E-state index contributed by atoms with van der Waals surface area (Å²) in [7, 11) is 0. The van der Waals surface area contributed by atoms with Gasteiger partial charge in [-0.2, -0.15) is 0 Å². The zero-order valence-electron chi connectivity index (χ0n) is 13.5. The summed E-state index contributed by atoms with van der Waals surface area (Å²) in [4.78, 5) is 11.8. The van der Waals surface area contributed by atoms with Gasteiger partial charge in [-0.3, -0.25) is 4.79 Å². The Labute approximate surface area is 132 Å². The van der Waals surface area contributed by atoms with E-state index in [1.54, 1.807) is 0 Å². The van der Waals surface area contributed by atoms with Gasteiger partial charge < -0.3 is 10.6 Å². The molecule has 0 saturated carbocycles. The Balaban J connectivity index is 1.97. The Hall–Kier alpha value is -2.29. The third-order valence-electron chi connectivity index (χ3n) is 3.48. The summed E-state index contributed by atoms with van der Waals surface area (Å²) in [5.74, 6) is 0.424. The van der Waals surface area contributed by atoms with Crippen LogP contribution in [-0.4, -0.2) is 5.91 Å². The van der Waals surface area contributed by atoms with Crippen LogP contribution in [0.3, 0.4) is 0 Å². The van der Waals surface area contributed by atoms with E-state index in [9.17, 15) is 4.79 Å². The van der Waals surface area contributed by atoms with Crippen LogP contribution in [0, 0.1) is 12.8 Å². The van der Waals surface area contributed by atoms with Gasteiger partial charge in [0, 0.05) is 24.3 Å². The van der Waals surface area contributed by atoms with E-state index in [2.05, 4.69) is 29.7 Å². The first-order valence-corrected chi connectivity index (χ1v) is 7.73. The monoisotopic (exact) mass is 296 g/mol. The van der Waals surface area contributed by atoms with Crippen molar-refractivity contribution in [1.82, 2.24) is 0 Å². The normalized spacial score (nSPS) is 10.5. The zero-order valence-corrected chi connectivity index (χ0v) is 13.5. The molecule has 2 rings (SSSR count). The molecule has 0 saturated heterocycles. The summed E-state index contributed by atoms with van der Waals surface area (Å²) in [6, 6.07) is 16.2. The molecular formula is C19H24N2O. The first-order chi connectivity index (χ1) is 10.5. The molecule has 0 aliphatic carbocycles. The highest BCUT2D eigenvalue weighted by molar-refractivity contribution is 5.91. The quantitative estimate of drug-likeness (QED) is 0.818. The first kappa shape index (κ1) is 16.1. The van der Waals surface area contributed by atoms with Gasteiger partial charge in [0.25, 0.3) is 0 Å². The number of nitrogens with one attached hydrogen (secondary N) is 2. The van der Waals surface area contributed by atoms with E-state index in [0.717, 1.165) is 17.9 Å². The third kappa shape index (κ3) is 4.92. The second kappa shape index (κ2) is 7.64. The van der Waals surface area contributed by atoms with E-state index in [0.29, 0.717) is 12.3 Å². The van der Waals surface area contributed by atoms with E-state index in [-0.39, 0.29) is 5.91 Å². The van der Waals surface area contributed by atoms with Crippen LogP contribution in [0.2, 0.25) is 0 Å². The SMILES string of the molecule is Cc1ccccc1CNc1cccc(NC(=O)CC(C)C)c1. The molecule has 3 nitrogen and oxygen atoms in total. The summed E-state index contributed by atoms with van der Waals surface area (Å²) in [6.07, 6.45) is 0.543. The van der Waals surface area contributed by atoms with Crippen molar-refractivity contribution in [3.05, 3.63) is 59.7 Å². The van der Waals surface area contributed by atoms with Crippen molar-refractivity contribution in [3.8, 4) is 0 Å². The van der Waals surface area contributed by atoms with Gasteiger partial charge in [-0.15, -0.1) is 0 Å².